The van der Waals surface area contributed by atoms with Crippen molar-refractivity contribution in [3.05, 3.63) is 23.8 Å². The molecular formula is C18H29F3IN3O2. The molecule has 156 valence electrons. The first-order chi connectivity index (χ1) is 12.2. The highest BCUT2D eigenvalue weighted by Gasteiger charge is 2.29. The van der Waals surface area contributed by atoms with Crippen LogP contribution >= 0.6 is 24.0 Å². The summed E-state index contributed by atoms with van der Waals surface area (Å²) in [6.07, 6.45) is -4.40. The van der Waals surface area contributed by atoms with Gasteiger partial charge < -0.3 is 20.1 Å². The predicted octanol–water partition coefficient (Wildman–Crippen LogP) is 4.35. The van der Waals surface area contributed by atoms with Gasteiger partial charge >= 0.3 is 6.18 Å². The second-order valence-corrected chi connectivity index (χ2v) is 6.26. The lowest BCUT2D eigenvalue weighted by Gasteiger charge is -2.20. The second kappa shape index (κ2) is 12.1. The van der Waals surface area contributed by atoms with E-state index in [0.717, 1.165) is 12.1 Å². The lowest BCUT2D eigenvalue weighted by atomic mass is 10.1. The van der Waals surface area contributed by atoms with Crippen molar-refractivity contribution < 1.29 is 22.6 Å². The Bertz CT molecular complexity index is 596. The first-order valence-corrected chi connectivity index (χ1v) is 8.57. The van der Waals surface area contributed by atoms with Gasteiger partial charge in [0.15, 0.2) is 24.1 Å². The Morgan fingerprint density at radius 2 is 1.85 bits per heavy atom. The number of guanidine groups is 1. The minimum absolute atomic E-state index is 0. The van der Waals surface area contributed by atoms with Gasteiger partial charge in [0.1, 0.15) is 0 Å². The molecule has 0 aliphatic heterocycles. The van der Waals surface area contributed by atoms with Crippen LogP contribution in [0.25, 0.3) is 0 Å². The summed E-state index contributed by atoms with van der Waals surface area (Å²) in [7, 11) is 1.39. The Hall–Kier alpha value is -1.39. The van der Waals surface area contributed by atoms with Gasteiger partial charge in [-0.3, -0.25) is 0 Å². The number of rotatable bonds is 8. The fraction of sp³-hybridized carbons (Fsp3) is 0.611. The average Bonchev–Trinajstić information content (AvgIpc) is 2.57. The van der Waals surface area contributed by atoms with Crippen molar-refractivity contribution in [3.63, 3.8) is 0 Å². The van der Waals surface area contributed by atoms with Crippen LogP contribution in [0, 0.1) is 5.92 Å². The summed E-state index contributed by atoms with van der Waals surface area (Å²) < 4.78 is 46.8. The van der Waals surface area contributed by atoms with Crippen LogP contribution in [-0.2, 0) is 6.54 Å². The molecule has 0 bridgehead atoms. The van der Waals surface area contributed by atoms with E-state index in [0.29, 0.717) is 18.4 Å². The highest BCUT2D eigenvalue weighted by molar-refractivity contribution is 14.0. The van der Waals surface area contributed by atoms with Gasteiger partial charge in [-0.25, -0.2) is 4.99 Å². The van der Waals surface area contributed by atoms with Crippen LogP contribution in [0.3, 0.4) is 0 Å². The SMILES string of the molecule is CCNC(=NCc1ccc(OCC(F)(F)F)c(OC)c1)NC(C)C(C)C.I. The van der Waals surface area contributed by atoms with E-state index in [1.165, 1.54) is 13.2 Å². The molecule has 27 heavy (non-hydrogen) atoms. The Morgan fingerprint density at radius 3 is 2.37 bits per heavy atom. The molecule has 0 fully saturated rings. The van der Waals surface area contributed by atoms with Crippen molar-refractivity contribution in [2.24, 2.45) is 10.9 Å². The van der Waals surface area contributed by atoms with E-state index in [1.807, 2.05) is 6.92 Å². The fourth-order valence-electron chi connectivity index (χ4n) is 1.96. The zero-order valence-corrected chi connectivity index (χ0v) is 18.6. The molecule has 1 aromatic carbocycles. The van der Waals surface area contributed by atoms with Gasteiger partial charge in [-0.2, -0.15) is 13.2 Å². The maximum Gasteiger partial charge on any atom is 0.422 e. The third-order valence-electron chi connectivity index (χ3n) is 3.75. The van der Waals surface area contributed by atoms with Gasteiger partial charge in [0.2, 0.25) is 0 Å². The predicted molar refractivity (Wildman–Crippen MR) is 112 cm³/mol. The second-order valence-electron chi connectivity index (χ2n) is 6.26. The number of aliphatic imine (C=N–C) groups is 1. The third kappa shape index (κ3) is 9.92. The highest BCUT2D eigenvalue weighted by Crippen LogP contribution is 2.30. The van der Waals surface area contributed by atoms with Crippen molar-refractivity contribution in [3.8, 4) is 11.5 Å². The molecule has 0 radical (unpaired) electrons. The first kappa shape index (κ1) is 25.6. The Morgan fingerprint density at radius 1 is 1.19 bits per heavy atom. The number of nitrogens with one attached hydrogen (secondary N) is 2. The number of halogens is 4. The van der Waals surface area contributed by atoms with E-state index in [4.69, 9.17) is 9.47 Å². The van der Waals surface area contributed by atoms with E-state index >= 15 is 0 Å². The van der Waals surface area contributed by atoms with Crippen LogP contribution < -0.4 is 20.1 Å². The molecule has 5 nitrogen and oxygen atoms in total. The van der Waals surface area contributed by atoms with Gasteiger partial charge in [-0.15, -0.1) is 24.0 Å². The van der Waals surface area contributed by atoms with Crippen molar-refractivity contribution in [1.29, 1.82) is 0 Å². The van der Waals surface area contributed by atoms with Crippen molar-refractivity contribution in [2.75, 3.05) is 20.3 Å². The largest absolute Gasteiger partial charge is 0.493 e. The number of methoxy groups -OCH3 is 1. The molecule has 0 amide bonds. The van der Waals surface area contributed by atoms with Crippen LogP contribution in [0.1, 0.15) is 33.3 Å². The summed E-state index contributed by atoms with van der Waals surface area (Å²) in [5.74, 6) is 1.43. The van der Waals surface area contributed by atoms with Crippen molar-refractivity contribution in [1.82, 2.24) is 10.6 Å². The van der Waals surface area contributed by atoms with E-state index in [1.54, 1.807) is 12.1 Å². The topological polar surface area (TPSA) is 54.9 Å². The van der Waals surface area contributed by atoms with Gasteiger partial charge in [0, 0.05) is 12.6 Å². The molecule has 0 aromatic heterocycles. The summed E-state index contributed by atoms with van der Waals surface area (Å²) in [6.45, 7) is 8.01. The summed E-state index contributed by atoms with van der Waals surface area (Å²) in [5.41, 5.74) is 0.801. The fourth-order valence-corrected chi connectivity index (χ4v) is 1.96. The van der Waals surface area contributed by atoms with Gasteiger partial charge in [0.05, 0.1) is 13.7 Å². The van der Waals surface area contributed by atoms with Gasteiger partial charge in [-0.1, -0.05) is 19.9 Å². The molecule has 9 heteroatoms. The number of hydrogen-bond donors (Lipinski definition) is 2. The minimum atomic E-state index is -4.40. The summed E-state index contributed by atoms with van der Waals surface area (Å²) >= 11 is 0. The summed E-state index contributed by atoms with van der Waals surface area (Å²) in [5, 5.41) is 6.50. The van der Waals surface area contributed by atoms with Gasteiger partial charge in [-0.05, 0) is 37.5 Å². The van der Waals surface area contributed by atoms with Gasteiger partial charge in [0.25, 0.3) is 0 Å². The lowest BCUT2D eigenvalue weighted by Crippen LogP contribution is -2.44. The van der Waals surface area contributed by atoms with Crippen LogP contribution in [0.5, 0.6) is 11.5 Å². The van der Waals surface area contributed by atoms with Crippen LogP contribution in [0.15, 0.2) is 23.2 Å². The molecule has 0 heterocycles. The Kier molecular flexibility index (Phi) is 11.5. The molecule has 0 saturated heterocycles. The molecule has 1 rings (SSSR count). The van der Waals surface area contributed by atoms with Crippen molar-refractivity contribution in [2.45, 2.75) is 46.5 Å². The molecular weight excluding hydrogens is 474 g/mol. The molecule has 0 spiro atoms. The number of nitrogens with zero attached hydrogens (tertiary/aromatic N) is 1. The molecule has 1 unspecified atom stereocenters. The maximum absolute atomic E-state index is 12.3. The standard InChI is InChI=1S/C18H28F3N3O2.HI/c1-6-22-17(24-13(4)12(2)3)23-10-14-7-8-15(16(9-14)25-5)26-11-18(19,20)21;/h7-9,12-13H,6,10-11H2,1-5H3,(H2,22,23,24);1H. The summed E-state index contributed by atoms with van der Waals surface area (Å²) in [6, 6.07) is 5.02. The Balaban J connectivity index is 0.00000676. The van der Waals surface area contributed by atoms with E-state index in [9.17, 15) is 13.2 Å². The highest BCUT2D eigenvalue weighted by atomic mass is 127. The van der Waals surface area contributed by atoms with Crippen molar-refractivity contribution >= 4 is 29.9 Å². The summed E-state index contributed by atoms with van der Waals surface area (Å²) in [4.78, 5) is 4.51. The number of benzene rings is 1. The average molecular weight is 503 g/mol. The molecule has 1 aromatic rings. The molecule has 0 aliphatic rings. The smallest absolute Gasteiger partial charge is 0.422 e. The molecule has 2 N–H and O–H groups in total. The first-order valence-electron chi connectivity index (χ1n) is 8.57. The number of alkyl halides is 3. The zero-order valence-electron chi connectivity index (χ0n) is 16.3. The number of ether oxygens (including phenoxy) is 2. The zero-order chi connectivity index (χ0) is 19.7. The maximum atomic E-state index is 12.3. The lowest BCUT2D eigenvalue weighted by molar-refractivity contribution is -0.153. The normalized spacial score (nSPS) is 13.0. The third-order valence-corrected chi connectivity index (χ3v) is 3.75. The molecule has 0 aliphatic carbocycles. The van der Waals surface area contributed by atoms with Crippen LogP contribution in [-0.4, -0.2) is 38.4 Å². The van der Waals surface area contributed by atoms with Crippen LogP contribution in [0.2, 0.25) is 0 Å². The van der Waals surface area contributed by atoms with E-state index in [2.05, 4.69) is 36.4 Å². The number of hydrogen-bond acceptors (Lipinski definition) is 3. The quantitative estimate of drug-likeness (QED) is 0.315. The van der Waals surface area contributed by atoms with E-state index in [-0.39, 0.29) is 41.5 Å². The Labute approximate surface area is 176 Å². The van der Waals surface area contributed by atoms with Crippen LogP contribution in [0.4, 0.5) is 13.2 Å². The van der Waals surface area contributed by atoms with E-state index < -0.39 is 12.8 Å². The monoisotopic (exact) mass is 503 g/mol. The minimum Gasteiger partial charge on any atom is -0.493 e. The molecule has 0 saturated carbocycles. The molecule has 1 atom stereocenters.